The van der Waals surface area contributed by atoms with Crippen LogP contribution in [0.25, 0.3) is 0 Å². The van der Waals surface area contributed by atoms with Crippen LogP contribution in [0, 0.1) is 5.92 Å². The Morgan fingerprint density at radius 3 is 2.70 bits per heavy atom. The van der Waals surface area contributed by atoms with Gasteiger partial charge in [0.1, 0.15) is 0 Å². The van der Waals surface area contributed by atoms with E-state index in [1.54, 1.807) is 0 Å². The lowest BCUT2D eigenvalue weighted by Crippen LogP contribution is -2.43. The van der Waals surface area contributed by atoms with Gasteiger partial charge in [0.25, 0.3) is 0 Å². The molecule has 0 saturated carbocycles. The monoisotopic (exact) mass is 315 g/mol. The molecule has 0 aromatic heterocycles. The fraction of sp³-hybridized carbons (Fsp3) is 0.632. The fourth-order valence-corrected chi connectivity index (χ4v) is 4.20. The summed E-state index contributed by atoms with van der Waals surface area (Å²) in [6.07, 6.45) is 5.90. The fourth-order valence-electron chi connectivity index (χ4n) is 4.20. The second-order valence-electron chi connectivity index (χ2n) is 7.06. The van der Waals surface area contributed by atoms with Gasteiger partial charge < -0.3 is 14.4 Å². The Hall–Kier alpha value is -1.39. The summed E-state index contributed by atoms with van der Waals surface area (Å²) < 4.78 is 11.7. The largest absolute Gasteiger partial charge is 0.376 e. The van der Waals surface area contributed by atoms with E-state index in [-0.39, 0.29) is 24.0 Å². The molecule has 3 fully saturated rings. The molecule has 23 heavy (non-hydrogen) atoms. The Morgan fingerprint density at radius 2 is 2.04 bits per heavy atom. The van der Waals surface area contributed by atoms with Crippen molar-refractivity contribution in [1.29, 1.82) is 0 Å². The van der Waals surface area contributed by atoms with E-state index in [0.29, 0.717) is 19.2 Å². The van der Waals surface area contributed by atoms with Crippen LogP contribution in [-0.2, 0) is 20.8 Å². The highest BCUT2D eigenvalue weighted by Crippen LogP contribution is 2.40. The lowest BCUT2D eigenvalue weighted by molar-refractivity contribution is -0.139. The summed E-state index contributed by atoms with van der Waals surface area (Å²) in [5.74, 6) is 0.315. The number of carbonyl (C=O) groups is 1. The number of ether oxygens (including phenoxy) is 2. The van der Waals surface area contributed by atoms with Crippen molar-refractivity contribution in [2.24, 2.45) is 5.92 Å². The Kier molecular flexibility index (Phi) is 4.36. The second-order valence-corrected chi connectivity index (χ2v) is 7.06. The number of nitrogens with zero attached hydrogens (tertiary/aromatic N) is 1. The lowest BCUT2D eigenvalue weighted by Gasteiger charge is -2.30. The molecule has 3 saturated heterocycles. The second kappa shape index (κ2) is 6.62. The van der Waals surface area contributed by atoms with Crippen LogP contribution in [0.4, 0.5) is 0 Å². The first-order chi connectivity index (χ1) is 11.3. The van der Waals surface area contributed by atoms with Gasteiger partial charge in [-0.25, -0.2) is 0 Å². The Labute approximate surface area is 137 Å². The average molecular weight is 315 g/mol. The third kappa shape index (κ3) is 3.29. The number of carbonyl (C=O) groups excluding carboxylic acids is 1. The molecule has 2 bridgehead atoms. The third-order valence-electron chi connectivity index (χ3n) is 5.40. The highest BCUT2D eigenvalue weighted by Gasteiger charge is 2.46. The van der Waals surface area contributed by atoms with Crippen LogP contribution < -0.4 is 0 Å². The average Bonchev–Trinajstić information content (AvgIpc) is 3.32. The number of hydrogen-bond donors (Lipinski definition) is 0. The van der Waals surface area contributed by atoms with Gasteiger partial charge in [0.15, 0.2) is 0 Å². The summed E-state index contributed by atoms with van der Waals surface area (Å²) >= 11 is 0. The van der Waals surface area contributed by atoms with Crippen molar-refractivity contribution < 1.29 is 14.3 Å². The van der Waals surface area contributed by atoms with E-state index >= 15 is 0 Å². The molecule has 1 aromatic rings. The number of rotatable bonds is 5. The van der Waals surface area contributed by atoms with E-state index in [1.165, 1.54) is 5.56 Å². The van der Waals surface area contributed by atoms with Gasteiger partial charge in [-0.2, -0.15) is 0 Å². The molecular formula is C19H25NO3. The van der Waals surface area contributed by atoms with E-state index in [2.05, 4.69) is 12.1 Å². The zero-order valence-corrected chi connectivity index (χ0v) is 13.5. The highest BCUT2D eigenvalue weighted by molar-refractivity contribution is 5.80. The van der Waals surface area contributed by atoms with Gasteiger partial charge in [-0.15, -0.1) is 0 Å². The molecule has 4 atom stereocenters. The SMILES string of the molecule is O=C([C@H]1C[C@H]2CC[C@H]1O2)N(Cc1ccccc1)C[C@@H]1CCCO1. The van der Waals surface area contributed by atoms with Gasteiger partial charge in [-0.1, -0.05) is 30.3 Å². The van der Waals surface area contributed by atoms with Gasteiger partial charge in [-0.3, -0.25) is 4.79 Å². The number of hydrogen-bond acceptors (Lipinski definition) is 3. The van der Waals surface area contributed by atoms with Crippen molar-refractivity contribution in [3.8, 4) is 0 Å². The minimum Gasteiger partial charge on any atom is -0.376 e. The van der Waals surface area contributed by atoms with Crippen LogP contribution in [0.3, 0.4) is 0 Å². The van der Waals surface area contributed by atoms with E-state index in [4.69, 9.17) is 9.47 Å². The van der Waals surface area contributed by atoms with Gasteiger partial charge in [0.05, 0.1) is 24.2 Å². The minimum absolute atomic E-state index is 0.0545. The molecule has 124 valence electrons. The van der Waals surface area contributed by atoms with Crippen LogP contribution >= 0.6 is 0 Å². The van der Waals surface area contributed by atoms with Crippen molar-refractivity contribution >= 4 is 5.91 Å². The van der Waals surface area contributed by atoms with Crippen molar-refractivity contribution in [2.45, 2.75) is 57.0 Å². The maximum atomic E-state index is 13.1. The van der Waals surface area contributed by atoms with Crippen molar-refractivity contribution in [3.63, 3.8) is 0 Å². The molecule has 1 amide bonds. The topological polar surface area (TPSA) is 38.8 Å². The Morgan fingerprint density at radius 1 is 1.17 bits per heavy atom. The van der Waals surface area contributed by atoms with Crippen molar-refractivity contribution in [2.75, 3.05) is 13.2 Å². The summed E-state index contributed by atoms with van der Waals surface area (Å²) in [6, 6.07) is 10.3. The molecule has 0 spiro atoms. The number of benzene rings is 1. The molecule has 3 aliphatic rings. The molecule has 4 nitrogen and oxygen atoms in total. The maximum Gasteiger partial charge on any atom is 0.228 e. The molecule has 4 rings (SSSR count). The Balaban J connectivity index is 1.48. The summed E-state index contributed by atoms with van der Waals surface area (Å²) in [4.78, 5) is 15.1. The lowest BCUT2D eigenvalue weighted by atomic mass is 9.88. The van der Waals surface area contributed by atoms with Crippen LogP contribution in [0.1, 0.15) is 37.7 Å². The van der Waals surface area contributed by atoms with Gasteiger partial charge in [0, 0.05) is 19.7 Å². The van der Waals surface area contributed by atoms with Crippen molar-refractivity contribution in [1.82, 2.24) is 4.90 Å². The van der Waals surface area contributed by atoms with Crippen LogP contribution in [0.15, 0.2) is 30.3 Å². The molecular weight excluding hydrogens is 290 g/mol. The third-order valence-corrected chi connectivity index (χ3v) is 5.40. The minimum atomic E-state index is 0.0545. The first kappa shape index (κ1) is 15.2. The van der Waals surface area contributed by atoms with Gasteiger partial charge in [-0.05, 0) is 37.7 Å². The van der Waals surface area contributed by atoms with Gasteiger partial charge in [0.2, 0.25) is 5.91 Å². The molecule has 3 heterocycles. The molecule has 3 aliphatic heterocycles. The smallest absolute Gasteiger partial charge is 0.228 e. The predicted molar refractivity (Wildman–Crippen MR) is 86.8 cm³/mol. The van der Waals surface area contributed by atoms with E-state index in [0.717, 1.165) is 38.7 Å². The summed E-state index contributed by atoms with van der Waals surface area (Å²) in [5, 5.41) is 0. The first-order valence-electron chi connectivity index (χ1n) is 8.89. The zero-order chi connectivity index (χ0) is 15.6. The number of amides is 1. The summed E-state index contributed by atoms with van der Waals surface area (Å²) in [7, 11) is 0. The van der Waals surface area contributed by atoms with Crippen LogP contribution in [0.2, 0.25) is 0 Å². The normalized spacial score (nSPS) is 32.3. The standard InChI is InChI=1S/C19H25NO3/c21-19(17-11-15-8-9-18(17)23-15)20(13-16-7-4-10-22-16)12-14-5-2-1-3-6-14/h1-3,5-6,15-18H,4,7-13H2/t15-,16+,17+,18-/m1/s1. The van der Waals surface area contributed by atoms with E-state index < -0.39 is 0 Å². The van der Waals surface area contributed by atoms with Gasteiger partial charge >= 0.3 is 0 Å². The summed E-state index contributed by atoms with van der Waals surface area (Å²) in [5.41, 5.74) is 1.18. The highest BCUT2D eigenvalue weighted by atomic mass is 16.5. The van der Waals surface area contributed by atoms with E-state index in [9.17, 15) is 4.79 Å². The number of fused-ring (bicyclic) bond motifs is 2. The molecule has 0 unspecified atom stereocenters. The summed E-state index contributed by atoms with van der Waals surface area (Å²) in [6.45, 7) is 2.21. The molecule has 1 aromatic carbocycles. The Bertz CT molecular complexity index is 541. The quantitative estimate of drug-likeness (QED) is 0.838. The molecule has 4 heteroatoms. The molecule has 0 radical (unpaired) electrons. The molecule has 0 N–H and O–H groups in total. The maximum absolute atomic E-state index is 13.1. The predicted octanol–water partition coefficient (Wildman–Crippen LogP) is 2.76. The van der Waals surface area contributed by atoms with Crippen molar-refractivity contribution in [3.05, 3.63) is 35.9 Å². The van der Waals surface area contributed by atoms with Crippen LogP contribution in [0.5, 0.6) is 0 Å². The molecule has 0 aliphatic carbocycles. The first-order valence-corrected chi connectivity index (χ1v) is 8.89. The van der Waals surface area contributed by atoms with E-state index in [1.807, 2.05) is 23.1 Å². The zero-order valence-electron chi connectivity index (χ0n) is 13.5. The van der Waals surface area contributed by atoms with Crippen LogP contribution in [-0.4, -0.2) is 42.3 Å².